The van der Waals surface area contributed by atoms with Gasteiger partial charge in [-0.15, -0.1) is 0 Å². The minimum atomic E-state index is -0.251. The molecule has 1 N–H and O–H groups in total. The van der Waals surface area contributed by atoms with Gasteiger partial charge in [-0.2, -0.15) is 0 Å². The third kappa shape index (κ3) is 0.754. The van der Waals surface area contributed by atoms with Crippen LogP contribution in [0.25, 0.3) is 0 Å². The molecule has 2 aliphatic rings. The molecular formula is C9H10O2. The quantitative estimate of drug-likeness (QED) is 0.532. The van der Waals surface area contributed by atoms with Gasteiger partial charge in [0.25, 0.3) is 0 Å². The number of fused-ring (bicyclic) bond motifs is 2. The normalized spacial score (nSPS) is 41.0. The molecule has 0 saturated heterocycles. The number of carbonyl (C=O) groups is 1. The van der Waals surface area contributed by atoms with Crippen molar-refractivity contribution >= 4 is 5.78 Å². The van der Waals surface area contributed by atoms with Crippen molar-refractivity contribution in [3.8, 4) is 0 Å². The maximum Gasteiger partial charge on any atom is 0.165 e. The SMILES string of the molecule is CC12C=CC(C1)C(=O)C=C2O. The third-order valence-corrected chi connectivity index (χ3v) is 2.57. The summed E-state index contributed by atoms with van der Waals surface area (Å²) in [6.45, 7) is 1.95. The molecule has 2 unspecified atom stereocenters. The molecule has 0 saturated carbocycles. The molecule has 0 radical (unpaired) electrons. The van der Waals surface area contributed by atoms with E-state index < -0.39 is 0 Å². The van der Waals surface area contributed by atoms with Crippen molar-refractivity contribution in [2.75, 3.05) is 0 Å². The zero-order chi connectivity index (χ0) is 8.06. The lowest BCUT2D eigenvalue weighted by molar-refractivity contribution is -0.118. The fourth-order valence-corrected chi connectivity index (χ4v) is 1.71. The van der Waals surface area contributed by atoms with Crippen LogP contribution in [0.3, 0.4) is 0 Å². The summed E-state index contributed by atoms with van der Waals surface area (Å²) in [7, 11) is 0. The molecule has 2 heteroatoms. The first-order chi connectivity index (χ1) is 5.12. The molecule has 58 valence electrons. The second-order valence-corrected chi connectivity index (χ2v) is 3.52. The van der Waals surface area contributed by atoms with E-state index in [2.05, 4.69) is 0 Å². The van der Waals surface area contributed by atoms with Crippen LogP contribution < -0.4 is 0 Å². The molecule has 2 aliphatic carbocycles. The smallest absolute Gasteiger partial charge is 0.165 e. The summed E-state index contributed by atoms with van der Waals surface area (Å²) in [5, 5.41) is 9.41. The summed E-state index contributed by atoms with van der Waals surface area (Å²) >= 11 is 0. The van der Waals surface area contributed by atoms with Crippen LogP contribution in [0.2, 0.25) is 0 Å². The summed E-state index contributed by atoms with van der Waals surface area (Å²) < 4.78 is 0. The van der Waals surface area contributed by atoms with Crippen LogP contribution in [-0.2, 0) is 4.79 Å². The van der Waals surface area contributed by atoms with Crippen LogP contribution >= 0.6 is 0 Å². The van der Waals surface area contributed by atoms with Crippen molar-refractivity contribution in [2.24, 2.45) is 11.3 Å². The molecule has 0 amide bonds. The number of allylic oxidation sites excluding steroid dienone is 3. The predicted octanol–water partition coefficient (Wildman–Crippen LogP) is 1.59. The Morgan fingerprint density at radius 1 is 1.73 bits per heavy atom. The molecule has 2 bridgehead atoms. The Labute approximate surface area is 65.2 Å². The van der Waals surface area contributed by atoms with Crippen molar-refractivity contribution in [2.45, 2.75) is 13.3 Å². The van der Waals surface area contributed by atoms with Gasteiger partial charge in [0.05, 0.1) is 0 Å². The van der Waals surface area contributed by atoms with E-state index in [1.54, 1.807) is 0 Å². The van der Waals surface area contributed by atoms with Crippen molar-refractivity contribution in [1.82, 2.24) is 0 Å². The fraction of sp³-hybridized carbons (Fsp3) is 0.444. The monoisotopic (exact) mass is 150 g/mol. The lowest BCUT2D eigenvalue weighted by atomic mass is 9.80. The zero-order valence-electron chi connectivity index (χ0n) is 6.37. The van der Waals surface area contributed by atoms with E-state index in [4.69, 9.17) is 0 Å². The van der Waals surface area contributed by atoms with E-state index in [9.17, 15) is 9.90 Å². The Balaban J connectivity index is 2.50. The Kier molecular flexibility index (Phi) is 1.06. The summed E-state index contributed by atoms with van der Waals surface area (Å²) in [5.41, 5.74) is -0.251. The van der Waals surface area contributed by atoms with Crippen molar-refractivity contribution in [3.05, 3.63) is 24.0 Å². The molecule has 2 rings (SSSR count). The van der Waals surface area contributed by atoms with Gasteiger partial charge in [-0.3, -0.25) is 4.79 Å². The lowest BCUT2D eigenvalue weighted by Gasteiger charge is -2.25. The summed E-state index contributed by atoms with van der Waals surface area (Å²) in [5.74, 6) is 0.275. The van der Waals surface area contributed by atoms with E-state index in [1.165, 1.54) is 6.08 Å². The maximum atomic E-state index is 11.1. The highest BCUT2D eigenvalue weighted by Crippen LogP contribution is 2.44. The number of aliphatic hydroxyl groups is 1. The van der Waals surface area contributed by atoms with Gasteiger partial charge >= 0.3 is 0 Å². The van der Waals surface area contributed by atoms with Crippen LogP contribution in [0.1, 0.15) is 13.3 Å². The molecule has 2 atom stereocenters. The molecule has 11 heavy (non-hydrogen) atoms. The van der Waals surface area contributed by atoms with Crippen LogP contribution in [0.4, 0.5) is 0 Å². The summed E-state index contributed by atoms with van der Waals surface area (Å²) in [4.78, 5) is 11.1. The Morgan fingerprint density at radius 3 is 3.18 bits per heavy atom. The van der Waals surface area contributed by atoms with Crippen LogP contribution in [0, 0.1) is 11.3 Å². The molecule has 0 fully saturated rings. The first kappa shape index (κ1) is 6.65. The number of aliphatic hydroxyl groups excluding tert-OH is 1. The largest absolute Gasteiger partial charge is 0.511 e. The molecule has 0 aromatic heterocycles. The first-order valence-corrected chi connectivity index (χ1v) is 3.76. The first-order valence-electron chi connectivity index (χ1n) is 3.76. The molecule has 2 nitrogen and oxygen atoms in total. The minimum Gasteiger partial charge on any atom is -0.511 e. The van der Waals surface area contributed by atoms with Gasteiger partial charge in [0, 0.05) is 17.4 Å². The molecular weight excluding hydrogens is 140 g/mol. The van der Waals surface area contributed by atoms with Gasteiger partial charge in [-0.25, -0.2) is 0 Å². The maximum absolute atomic E-state index is 11.1. The van der Waals surface area contributed by atoms with E-state index in [1.807, 2.05) is 19.1 Å². The average molecular weight is 150 g/mol. The lowest BCUT2D eigenvalue weighted by Crippen LogP contribution is -2.24. The molecule has 0 aromatic rings. The molecule has 0 aliphatic heterocycles. The molecule has 0 heterocycles. The van der Waals surface area contributed by atoms with Gasteiger partial charge in [-0.1, -0.05) is 12.2 Å². The van der Waals surface area contributed by atoms with E-state index in [0.29, 0.717) is 0 Å². The zero-order valence-corrected chi connectivity index (χ0v) is 6.37. The number of carbonyl (C=O) groups excluding carboxylic acids is 1. The van der Waals surface area contributed by atoms with Crippen molar-refractivity contribution < 1.29 is 9.90 Å². The number of hydrogen-bond donors (Lipinski definition) is 1. The summed E-state index contributed by atoms with van der Waals surface area (Å²) in [6, 6.07) is 0. The highest BCUT2D eigenvalue weighted by Gasteiger charge is 2.40. The van der Waals surface area contributed by atoms with E-state index in [0.717, 1.165) is 6.42 Å². The van der Waals surface area contributed by atoms with Crippen LogP contribution in [-0.4, -0.2) is 10.9 Å². The number of ketones is 1. The predicted molar refractivity (Wildman–Crippen MR) is 41.1 cm³/mol. The van der Waals surface area contributed by atoms with E-state index >= 15 is 0 Å². The van der Waals surface area contributed by atoms with Gasteiger partial charge in [-0.05, 0) is 13.3 Å². The average Bonchev–Trinajstić information content (AvgIpc) is 2.28. The minimum absolute atomic E-state index is 0.0240. The van der Waals surface area contributed by atoms with Gasteiger partial charge in [0.15, 0.2) is 5.78 Å². The summed E-state index contributed by atoms with van der Waals surface area (Å²) in [6.07, 6.45) is 5.92. The molecule has 0 aromatic carbocycles. The third-order valence-electron chi connectivity index (χ3n) is 2.57. The second kappa shape index (κ2) is 1.76. The number of rotatable bonds is 0. The van der Waals surface area contributed by atoms with Gasteiger partial charge in [0.1, 0.15) is 5.76 Å². The van der Waals surface area contributed by atoms with Crippen LogP contribution in [0.15, 0.2) is 24.0 Å². The van der Waals surface area contributed by atoms with Crippen molar-refractivity contribution in [1.29, 1.82) is 0 Å². The van der Waals surface area contributed by atoms with Crippen molar-refractivity contribution in [3.63, 3.8) is 0 Å². The number of hydrogen-bond acceptors (Lipinski definition) is 2. The van der Waals surface area contributed by atoms with Gasteiger partial charge < -0.3 is 5.11 Å². The topological polar surface area (TPSA) is 37.3 Å². The Hall–Kier alpha value is -1.05. The highest BCUT2D eigenvalue weighted by molar-refractivity contribution is 5.95. The Morgan fingerprint density at radius 2 is 2.45 bits per heavy atom. The molecule has 0 spiro atoms. The fourth-order valence-electron chi connectivity index (χ4n) is 1.71. The van der Waals surface area contributed by atoms with Gasteiger partial charge in [0.2, 0.25) is 0 Å². The second-order valence-electron chi connectivity index (χ2n) is 3.52. The van der Waals surface area contributed by atoms with Crippen LogP contribution in [0.5, 0.6) is 0 Å². The standard InChI is InChI=1S/C9H10O2/c1-9-3-2-6(5-9)7(10)4-8(9)11/h2-4,6,11H,5H2,1H3. The van der Waals surface area contributed by atoms with E-state index in [-0.39, 0.29) is 22.9 Å². The Bertz CT molecular complexity index is 275. The highest BCUT2D eigenvalue weighted by atomic mass is 16.3.